The van der Waals surface area contributed by atoms with Crippen LogP contribution in [-0.4, -0.2) is 70.8 Å². The Bertz CT molecular complexity index is 540. The molecule has 2 fully saturated rings. The van der Waals surface area contributed by atoms with Gasteiger partial charge in [-0.05, 0) is 26.2 Å². The number of aromatic amines is 1. The molecular formula is C16H27N5O2. The molecule has 7 nitrogen and oxygen atoms in total. The van der Waals surface area contributed by atoms with Crippen molar-refractivity contribution in [3.63, 3.8) is 0 Å². The van der Waals surface area contributed by atoms with Crippen molar-refractivity contribution in [1.29, 1.82) is 0 Å². The zero-order valence-corrected chi connectivity index (χ0v) is 14.2. The highest BCUT2D eigenvalue weighted by molar-refractivity contribution is 5.83. The largest absolute Gasteiger partial charge is 0.384 e. The number of nitrogens with one attached hydrogen (secondary N) is 1. The van der Waals surface area contributed by atoms with Gasteiger partial charge in [0.2, 0.25) is 5.91 Å². The van der Waals surface area contributed by atoms with Crippen molar-refractivity contribution in [3.8, 4) is 0 Å². The number of hydrogen-bond acceptors (Lipinski definition) is 5. The van der Waals surface area contributed by atoms with Crippen LogP contribution < -0.4 is 0 Å². The summed E-state index contributed by atoms with van der Waals surface area (Å²) in [4.78, 5) is 21.7. The van der Waals surface area contributed by atoms with Crippen LogP contribution in [0.15, 0.2) is 0 Å². The van der Waals surface area contributed by atoms with E-state index in [0.29, 0.717) is 12.5 Å². The van der Waals surface area contributed by atoms with Gasteiger partial charge < -0.3 is 9.64 Å². The topological polar surface area (TPSA) is 74.3 Å². The predicted octanol–water partition coefficient (Wildman–Crippen LogP) is 0.964. The Hall–Kier alpha value is -1.47. The van der Waals surface area contributed by atoms with Crippen molar-refractivity contribution >= 4 is 5.91 Å². The minimum Gasteiger partial charge on any atom is -0.384 e. The normalized spacial score (nSPS) is 21.7. The van der Waals surface area contributed by atoms with E-state index in [9.17, 15) is 4.79 Å². The number of carbonyl (C=O) groups is 1. The molecule has 1 aliphatic carbocycles. The molecule has 1 saturated heterocycles. The molecule has 1 amide bonds. The van der Waals surface area contributed by atoms with Crippen LogP contribution >= 0.6 is 0 Å². The van der Waals surface area contributed by atoms with Gasteiger partial charge in [-0.1, -0.05) is 6.42 Å². The maximum Gasteiger partial charge on any atom is 0.231 e. The van der Waals surface area contributed by atoms with Gasteiger partial charge in [0.15, 0.2) is 5.82 Å². The van der Waals surface area contributed by atoms with E-state index in [1.807, 2.05) is 11.8 Å². The molecule has 0 bridgehead atoms. The summed E-state index contributed by atoms with van der Waals surface area (Å²) in [6.45, 7) is 6.70. The lowest BCUT2D eigenvalue weighted by Crippen LogP contribution is -2.51. The maximum absolute atomic E-state index is 12.9. The van der Waals surface area contributed by atoms with Crippen molar-refractivity contribution < 1.29 is 9.53 Å². The molecule has 1 aromatic heterocycles. The van der Waals surface area contributed by atoms with Gasteiger partial charge in [0.1, 0.15) is 5.82 Å². The Morgan fingerprint density at radius 3 is 2.70 bits per heavy atom. The lowest BCUT2D eigenvalue weighted by atomic mass is 9.68. The molecule has 7 heteroatoms. The Kier molecular flexibility index (Phi) is 4.96. The van der Waals surface area contributed by atoms with E-state index in [-0.39, 0.29) is 5.41 Å². The first kappa shape index (κ1) is 16.4. The summed E-state index contributed by atoms with van der Waals surface area (Å²) < 4.78 is 5.32. The second-order valence-corrected chi connectivity index (χ2v) is 6.83. The lowest BCUT2D eigenvalue weighted by Gasteiger charge is -2.42. The van der Waals surface area contributed by atoms with E-state index in [2.05, 4.69) is 20.1 Å². The fraction of sp³-hybridized carbons (Fsp3) is 0.812. The molecular weight excluding hydrogens is 294 g/mol. The molecule has 0 spiro atoms. The molecule has 0 atom stereocenters. The summed E-state index contributed by atoms with van der Waals surface area (Å²) in [6.07, 6.45) is 4.07. The molecule has 0 unspecified atom stereocenters. The number of nitrogens with zero attached hydrogens (tertiary/aromatic N) is 4. The number of methoxy groups -OCH3 is 1. The van der Waals surface area contributed by atoms with E-state index in [1.54, 1.807) is 7.11 Å². The standard InChI is InChI=1S/C16H27N5O2/c1-13-17-14(19-18-13)11-20-7-4-8-21(10-9-20)15(22)16(12-23-2)5-3-6-16/h3-12H2,1-2H3,(H,17,18,19). The van der Waals surface area contributed by atoms with Crippen molar-refractivity contribution in [1.82, 2.24) is 25.0 Å². The van der Waals surface area contributed by atoms with Crippen LogP contribution in [0.25, 0.3) is 0 Å². The molecule has 2 aliphatic rings. The highest BCUT2D eigenvalue weighted by atomic mass is 16.5. The van der Waals surface area contributed by atoms with Gasteiger partial charge in [0.25, 0.3) is 0 Å². The third kappa shape index (κ3) is 3.55. The Morgan fingerprint density at radius 2 is 2.09 bits per heavy atom. The van der Waals surface area contributed by atoms with E-state index >= 15 is 0 Å². The van der Waals surface area contributed by atoms with Gasteiger partial charge in [-0.25, -0.2) is 4.98 Å². The Balaban J connectivity index is 1.56. The van der Waals surface area contributed by atoms with Crippen LogP contribution in [0.5, 0.6) is 0 Å². The number of aromatic nitrogens is 3. The first-order chi connectivity index (χ1) is 11.1. The third-order valence-electron chi connectivity index (χ3n) is 5.07. The van der Waals surface area contributed by atoms with Gasteiger partial charge in [-0.15, -0.1) is 0 Å². The summed E-state index contributed by atoms with van der Waals surface area (Å²) in [5, 5.41) is 7.09. The maximum atomic E-state index is 12.9. The van der Waals surface area contributed by atoms with Gasteiger partial charge in [0, 0.05) is 33.3 Å². The monoisotopic (exact) mass is 321 g/mol. The smallest absolute Gasteiger partial charge is 0.231 e. The number of amides is 1. The fourth-order valence-corrected chi connectivity index (χ4v) is 3.63. The number of rotatable bonds is 5. The van der Waals surface area contributed by atoms with Crippen LogP contribution in [-0.2, 0) is 16.1 Å². The molecule has 3 rings (SSSR count). The zero-order valence-electron chi connectivity index (χ0n) is 14.2. The van der Waals surface area contributed by atoms with Crippen LogP contribution in [0.2, 0.25) is 0 Å². The minimum atomic E-state index is -0.245. The van der Waals surface area contributed by atoms with Gasteiger partial charge in [-0.3, -0.25) is 14.8 Å². The molecule has 128 valence electrons. The number of hydrogen-bond donors (Lipinski definition) is 1. The highest BCUT2D eigenvalue weighted by Gasteiger charge is 2.46. The average molecular weight is 321 g/mol. The van der Waals surface area contributed by atoms with Gasteiger partial charge >= 0.3 is 0 Å². The Morgan fingerprint density at radius 1 is 1.26 bits per heavy atom. The van der Waals surface area contributed by atoms with Crippen LogP contribution in [0.1, 0.15) is 37.3 Å². The third-order valence-corrected chi connectivity index (χ3v) is 5.07. The summed E-state index contributed by atoms with van der Waals surface area (Å²) >= 11 is 0. The number of aryl methyl sites for hydroxylation is 1. The first-order valence-electron chi connectivity index (χ1n) is 8.51. The lowest BCUT2D eigenvalue weighted by molar-refractivity contribution is -0.152. The summed E-state index contributed by atoms with van der Waals surface area (Å²) in [5.41, 5.74) is -0.245. The fourth-order valence-electron chi connectivity index (χ4n) is 3.63. The molecule has 0 radical (unpaired) electrons. The van der Waals surface area contributed by atoms with Crippen molar-refractivity contribution in [2.24, 2.45) is 5.41 Å². The second-order valence-electron chi connectivity index (χ2n) is 6.83. The van der Waals surface area contributed by atoms with Crippen LogP contribution in [0, 0.1) is 12.3 Å². The quantitative estimate of drug-likeness (QED) is 0.874. The van der Waals surface area contributed by atoms with E-state index in [4.69, 9.17) is 4.74 Å². The van der Waals surface area contributed by atoms with Crippen molar-refractivity contribution in [2.75, 3.05) is 39.9 Å². The first-order valence-corrected chi connectivity index (χ1v) is 8.51. The van der Waals surface area contributed by atoms with E-state index < -0.39 is 0 Å². The van der Waals surface area contributed by atoms with Gasteiger partial charge in [0.05, 0.1) is 18.6 Å². The van der Waals surface area contributed by atoms with Crippen LogP contribution in [0.4, 0.5) is 0 Å². The molecule has 23 heavy (non-hydrogen) atoms. The molecule has 1 aliphatic heterocycles. The van der Waals surface area contributed by atoms with Crippen molar-refractivity contribution in [2.45, 2.75) is 39.2 Å². The van der Waals surface area contributed by atoms with Crippen LogP contribution in [0.3, 0.4) is 0 Å². The highest BCUT2D eigenvalue weighted by Crippen LogP contribution is 2.42. The second kappa shape index (κ2) is 6.97. The van der Waals surface area contributed by atoms with Crippen molar-refractivity contribution in [3.05, 3.63) is 11.6 Å². The van der Waals surface area contributed by atoms with Gasteiger partial charge in [-0.2, -0.15) is 5.10 Å². The minimum absolute atomic E-state index is 0.245. The summed E-state index contributed by atoms with van der Waals surface area (Å²) in [7, 11) is 1.69. The summed E-state index contributed by atoms with van der Waals surface area (Å²) in [6, 6.07) is 0. The van der Waals surface area contributed by atoms with E-state index in [0.717, 1.165) is 70.1 Å². The van der Waals surface area contributed by atoms with E-state index in [1.165, 1.54) is 0 Å². The Labute approximate surface area is 137 Å². The molecule has 1 saturated carbocycles. The molecule has 1 aromatic rings. The predicted molar refractivity (Wildman–Crippen MR) is 85.8 cm³/mol. The molecule has 0 aromatic carbocycles. The zero-order chi connectivity index (χ0) is 16.3. The summed E-state index contributed by atoms with van der Waals surface area (Å²) in [5.74, 6) is 1.97. The molecule has 1 N–H and O–H groups in total. The number of H-pyrrole nitrogens is 1. The number of ether oxygens (including phenoxy) is 1. The molecule has 2 heterocycles. The average Bonchev–Trinajstić information content (AvgIpc) is 2.76. The number of carbonyl (C=O) groups excluding carboxylic acids is 1. The SMILES string of the molecule is COCC1(C(=O)N2CCCN(Cc3n[nH]c(C)n3)CC2)CCC1.